The molecule has 0 radical (unpaired) electrons. The summed E-state index contributed by atoms with van der Waals surface area (Å²) in [4.78, 5) is 45.6. The summed E-state index contributed by atoms with van der Waals surface area (Å²) in [6, 6.07) is 19.7. The molecule has 0 fully saturated rings. The molecule has 0 spiro atoms. The van der Waals surface area contributed by atoms with Crippen LogP contribution >= 0.6 is 0 Å². The first kappa shape index (κ1) is 85.2. The van der Waals surface area contributed by atoms with Gasteiger partial charge in [-0.25, -0.2) is 70.0 Å². The Morgan fingerprint density at radius 2 is 1.08 bits per heavy atom. The summed E-state index contributed by atoms with van der Waals surface area (Å²) in [5, 5.41) is 45.4. The Kier molecular flexibility index (Phi) is 30.2. The van der Waals surface area contributed by atoms with Crippen LogP contribution in [-0.2, 0) is 42.6 Å². The molecule has 1 aromatic carbocycles. The fourth-order valence-corrected chi connectivity index (χ4v) is 13.7. The van der Waals surface area contributed by atoms with E-state index < -0.39 is 50.8 Å². The van der Waals surface area contributed by atoms with Crippen molar-refractivity contribution in [1.29, 1.82) is 5.26 Å². The van der Waals surface area contributed by atoms with Gasteiger partial charge < -0.3 is 15.1 Å². The van der Waals surface area contributed by atoms with Crippen LogP contribution in [0.4, 0.5) is 10.3 Å². The standard InChI is InChI=1S/C9H11N3O.C9H11NO2S.C8H6FN.C8H9N3.C8H10N2O2S.C8H8N2.C8H12N2.C8H7NOS.C7H7N3.C7H11N3/c1-6-3-10-9-8(7(2)13)4-11-12(9)5-6;1-6-4-7-8(10-5-6)9(2,3)12-13(7)11;1-6-2-7(5-10)4-8(9)3-6;1-6-3-9-8-7(2)4-10-11(8)5-6;1-5-3-6-7(9-4-5)8(11)10(2)13(6)12;1-7-2-3-8-4-5-9-10(8)6-7;1-6(2)8-9-4-7(3)5-10-8;1-6-4-8-7(9-5-6)2-3-11(8)10;1-6-4-8-7-2-3-9-10(7)5-6;1-6-4-8-7(9-5-6)10(2)3/h3-5,7,13H,1-2H3;4-5H,1-3H3;2-4H,1H3;3-5H,1-2H3;3-4,8,11H,1-2H3;2-6H,1H3;4-6H,1-3H3;2-5H,1H3;2-5H,1H3;4-5H,1-3H3. The number of aliphatic hydroxyl groups excluding tert-OH is 2. The van der Waals surface area contributed by atoms with Crippen LogP contribution in [0.2, 0.25) is 0 Å². The van der Waals surface area contributed by atoms with E-state index in [9.17, 15) is 27.2 Å². The number of aliphatic hydroxyl groups is 2. The van der Waals surface area contributed by atoms with E-state index >= 15 is 0 Å². The van der Waals surface area contributed by atoms with Gasteiger partial charge >= 0.3 is 0 Å². The molecule has 0 saturated carbocycles. The monoisotopic (exact) mass is 1560 g/mol. The molecule has 31 heteroatoms. The second-order valence-corrected chi connectivity index (χ2v) is 31.1. The second kappa shape index (κ2) is 39.3. The summed E-state index contributed by atoms with van der Waals surface area (Å²) < 4.78 is 60.5. The summed E-state index contributed by atoms with van der Waals surface area (Å²) in [5.74, 6) is 1.76. The zero-order chi connectivity index (χ0) is 81.0. The Hall–Kier alpha value is -11.4. The number of anilines is 1. The van der Waals surface area contributed by atoms with Crippen LogP contribution in [0.15, 0.2) is 192 Å². The van der Waals surface area contributed by atoms with E-state index in [1.54, 1.807) is 101 Å². The molecule has 27 nitrogen and oxygen atoms in total. The number of hydrogen-bond acceptors (Lipinski definition) is 22. The Morgan fingerprint density at radius 1 is 0.550 bits per heavy atom. The van der Waals surface area contributed by atoms with Crippen molar-refractivity contribution in [3.05, 3.63) is 279 Å². The van der Waals surface area contributed by atoms with Crippen LogP contribution < -0.4 is 4.90 Å². The minimum Gasteiger partial charge on any atom is -0.389 e. The third-order valence-corrected chi connectivity index (χ3v) is 19.7. The Morgan fingerprint density at radius 3 is 1.70 bits per heavy atom. The molecule has 0 aliphatic carbocycles. The van der Waals surface area contributed by atoms with Crippen molar-refractivity contribution in [2.45, 2.75) is 149 Å². The highest BCUT2D eigenvalue weighted by Gasteiger charge is 2.38. The van der Waals surface area contributed by atoms with Crippen molar-refractivity contribution in [3.63, 3.8) is 0 Å². The molecule has 5 unspecified atom stereocenters. The van der Waals surface area contributed by atoms with Crippen molar-refractivity contribution < 1.29 is 31.4 Å². The number of pyridine rings is 4. The molecular weight excluding hydrogens is 1470 g/mol. The van der Waals surface area contributed by atoms with Crippen molar-refractivity contribution in [1.82, 2.24) is 92.6 Å². The van der Waals surface area contributed by atoms with E-state index in [1.807, 2.05) is 198 Å². The first-order chi connectivity index (χ1) is 52.7. The lowest BCUT2D eigenvalue weighted by Crippen LogP contribution is -2.18. The van der Waals surface area contributed by atoms with Crippen molar-refractivity contribution in [2.75, 3.05) is 26.0 Å². The van der Waals surface area contributed by atoms with Gasteiger partial charge in [0, 0.05) is 143 Å². The van der Waals surface area contributed by atoms with Gasteiger partial charge in [-0.3, -0.25) is 19.1 Å². The van der Waals surface area contributed by atoms with Crippen LogP contribution in [0.1, 0.15) is 148 Å². The zero-order valence-electron chi connectivity index (χ0n) is 65.6. The number of aryl methyl sites for hydroxylation is 11. The second-order valence-electron chi connectivity index (χ2n) is 27.2. The number of nitriles is 1. The molecular formula is C80H92FN21O6S3. The van der Waals surface area contributed by atoms with E-state index in [2.05, 4.69) is 103 Å². The van der Waals surface area contributed by atoms with E-state index in [1.165, 1.54) is 22.0 Å². The van der Waals surface area contributed by atoms with Crippen LogP contribution in [0.3, 0.4) is 0 Å². The smallest absolute Gasteiger partial charge is 0.224 e. The fourth-order valence-electron chi connectivity index (χ4n) is 10.1. The number of hydrogen-bond donors (Lipinski definition) is 2. The zero-order valence-corrected chi connectivity index (χ0v) is 68.0. The predicted molar refractivity (Wildman–Crippen MR) is 428 cm³/mol. The number of rotatable bonds is 3. The fraction of sp³-hybridized carbons (Fsp3) is 0.287. The summed E-state index contributed by atoms with van der Waals surface area (Å²) >= 11 is -1.34. The summed E-state index contributed by atoms with van der Waals surface area (Å²) in [6.45, 7) is 31.1. The quantitative estimate of drug-likeness (QED) is 0.166. The van der Waals surface area contributed by atoms with E-state index in [4.69, 9.17) is 9.44 Å². The minimum absolute atomic E-state index is 0.350. The van der Waals surface area contributed by atoms with Crippen LogP contribution in [0.25, 0.3) is 28.5 Å². The number of halogens is 1. The van der Waals surface area contributed by atoms with Gasteiger partial charge in [0.1, 0.15) is 33.9 Å². The molecule has 3 aliphatic rings. The third-order valence-electron chi connectivity index (χ3n) is 15.9. The topological polar surface area (TPSA) is 329 Å². The lowest BCUT2D eigenvalue weighted by Gasteiger charge is -2.14. The normalized spacial score (nSPS) is 15.2. The molecule has 3 aliphatic heterocycles. The van der Waals surface area contributed by atoms with Gasteiger partial charge in [0.25, 0.3) is 0 Å². The van der Waals surface area contributed by atoms with Gasteiger partial charge in [-0.1, -0.05) is 19.9 Å². The summed E-state index contributed by atoms with van der Waals surface area (Å²) in [5.41, 5.74) is 18.1. The molecule has 111 heavy (non-hydrogen) atoms. The predicted octanol–water partition coefficient (Wildman–Crippen LogP) is 13.4. The maximum Gasteiger partial charge on any atom is 0.224 e. The molecule has 0 saturated heterocycles. The van der Waals surface area contributed by atoms with Gasteiger partial charge in [0.05, 0.1) is 78.7 Å². The Labute approximate surface area is 652 Å². The minimum atomic E-state index is -1.34. The number of nitrogens with zero attached hydrogens (tertiary/aromatic N) is 21. The Balaban J connectivity index is 0.000000155. The van der Waals surface area contributed by atoms with Gasteiger partial charge in [-0.2, -0.15) is 30.0 Å². The molecule has 16 heterocycles. The van der Waals surface area contributed by atoms with Gasteiger partial charge in [-0.15, -0.1) is 0 Å². The van der Waals surface area contributed by atoms with Gasteiger partial charge in [-0.05, 0) is 207 Å². The van der Waals surface area contributed by atoms with Crippen LogP contribution in [0, 0.1) is 93.3 Å². The molecule has 5 atom stereocenters. The Bertz CT molecular complexity index is 5480. The van der Waals surface area contributed by atoms with Gasteiger partial charge in [0.2, 0.25) is 5.95 Å². The molecule has 14 aromatic rings. The van der Waals surface area contributed by atoms with Crippen molar-refractivity contribution in [3.8, 4) is 6.07 Å². The molecule has 2 N–H and O–H groups in total. The molecule has 0 bridgehead atoms. The number of benzene rings is 1. The summed E-state index contributed by atoms with van der Waals surface area (Å²) in [7, 11) is 3.24. The van der Waals surface area contributed by atoms with Crippen molar-refractivity contribution in [2.24, 2.45) is 0 Å². The molecule has 17 rings (SSSR count). The van der Waals surface area contributed by atoms with Crippen LogP contribution in [-0.4, -0.2) is 137 Å². The number of fused-ring (bicyclic) bond motifs is 7. The van der Waals surface area contributed by atoms with E-state index in [0.29, 0.717) is 27.0 Å². The maximum absolute atomic E-state index is 12.5. The molecule has 0 amide bonds. The average Bonchev–Trinajstić information content (AvgIpc) is 1.65. The number of aromatic nitrogens is 18. The molecule has 13 aromatic heterocycles. The maximum atomic E-state index is 12.5. The first-order valence-corrected chi connectivity index (χ1v) is 38.3. The summed E-state index contributed by atoms with van der Waals surface area (Å²) in [6.07, 6.45) is 33.2. The highest BCUT2D eigenvalue weighted by molar-refractivity contribution is 7.88. The highest BCUT2D eigenvalue weighted by Crippen LogP contribution is 2.37. The van der Waals surface area contributed by atoms with Gasteiger partial charge in [0.15, 0.2) is 34.2 Å². The lowest BCUT2D eigenvalue weighted by molar-refractivity contribution is 0.0838. The van der Waals surface area contributed by atoms with E-state index in [-0.39, 0.29) is 5.82 Å². The molecule has 578 valence electrons. The van der Waals surface area contributed by atoms with Crippen LogP contribution in [0.5, 0.6) is 0 Å². The van der Waals surface area contributed by atoms with Crippen molar-refractivity contribution >= 4 is 67.3 Å². The third kappa shape index (κ3) is 24.1. The highest BCUT2D eigenvalue weighted by atomic mass is 32.2. The first-order valence-electron chi connectivity index (χ1n) is 34.9. The largest absolute Gasteiger partial charge is 0.389 e. The van der Waals surface area contributed by atoms with E-state index in [0.717, 1.165) is 112 Å². The SMILES string of the molecule is Cc1cc(F)cc(C#N)c1.Cc1ccc2ccnn2c1.Cc1cnc(C(C)C)nc1.Cc1cnc(N(C)C)nc1.Cc1cnc2c(C(C)O)cnn2c1.Cc1cnc2c(C)cnn2c1.Cc1cnc2c(c1)S(=O)C=C2.Cc1cnc2c(c1)S(=O)N(C)C2O.Cc1cnc2c(c1)S(=O)OC2(C)C.Cc1cnc2ccnn2c1. The lowest BCUT2D eigenvalue weighted by atomic mass is 10.0. The average molecular weight is 1560 g/mol.